The molecule has 0 spiro atoms. The molecule has 3 aromatic carbocycles. The summed E-state index contributed by atoms with van der Waals surface area (Å²) in [6.07, 6.45) is 0. The Hall–Kier alpha value is -2.46. The SMILES string of the molecule is COc1ccc(CN(Cc2ccc(OC)cc2)c2cc(C)c(C)c(Br)c2)cc1. The molecule has 0 fully saturated rings. The van der Waals surface area contributed by atoms with Gasteiger partial charge in [-0.1, -0.05) is 40.2 Å². The molecule has 28 heavy (non-hydrogen) atoms. The molecule has 0 bridgehead atoms. The first kappa shape index (κ1) is 20.3. The van der Waals surface area contributed by atoms with E-state index in [0.717, 1.165) is 29.1 Å². The van der Waals surface area contributed by atoms with Crippen LogP contribution in [0.2, 0.25) is 0 Å². The van der Waals surface area contributed by atoms with Crippen molar-refractivity contribution in [2.45, 2.75) is 26.9 Å². The molecule has 0 atom stereocenters. The van der Waals surface area contributed by atoms with Crippen LogP contribution < -0.4 is 14.4 Å². The van der Waals surface area contributed by atoms with E-state index in [9.17, 15) is 0 Å². The highest BCUT2D eigenvalue weighted by Crippen LogP contribution is 2.29. The van der Waals surface area contributed by atoms with E-state index in [-0.39, 0.29) is 0 Å². The fourth-order valence-corrected chi connectivity index (χ4v) is 3.67. The number of ether oxygens (including phenoxy) is 2. The molecule has 0 aliphatic carbocycles. The third kappa shape index (κ3) is 4.87. The Kier molecular flexibility index (Phi) is 6.63. The number of benzene rings is 3. The Morgan fingerprint density at radius 1 is 0.750 bits per heavy atom. The van der Waals surface area contributed by atoms with E-state index in [1.165, 1.54) is 27.9 Å². The Bertz CT molecular complexity index is 848. The van der Waals surface area contributed by atoms with E-state index >= 15 is 0 Å². The molecule has 3 aromatic rings. The molecule has 0 aliphatic heterocycles. The second-order valence-electron chi connectivity index (χ2n) is 6.92. The summed E-state index contributed by atoms with van der Waals surface area (Å²) in [5.41, 5.74) is 6.23. The first-order valence-electron chi connectivity index (χ1n) is 9.27. The minimum absolute atomic E-state index is 0.810. The first-order chi connectivity index (χ1) is 13.5. The summed E-state index contributed by atoms with van der Waals surface area (Å²) in [4.78, 5) is 2.39. The van der Waals surface area contributed by atoms with Gasteiger partial charge in [-0.3, -0.25) is 0 Å². The van der Waals surface area contributed by atoms with Gasteiger partial charge in [-0.25, -0.2) is 0 Å². The minimum Gasteiger partial charge on any atom is -0.497 e. The third-order valence-corrected chi connectivity index (χ3v) is 5.84. The third-order valence-electron chi connectivity index (χ3n) is 5.02. The molecule has 3 nitrogen and oxygen atoms in total. The number of hydrogen-bond acceptors (Lipinski definition) is 3. The summed E-state index contributed by atoms with van der Waals surface area (Å²) in [5, 5.41) is 0. The van der Waals surface area contributed by atoms with E-state index in [2.05, 4.69) is 71.1 Å². The smallest absolute Gasteiger partial charge is 0.118 e. The topological polar surface area (TPSA) is 21.7 Å². The second-order valence-corrected chi connectivity index (χ2v) is 7.78. The maximum Gasteiger partial charge on any atom is 0.118 e. The van der Waals surface area contributed by atoms with E-state index in [0.29, 0.717) is 0 Å². The molecule has 0 aromatic heterocycles. The molecule has 0 N–H and O–H groups in total. The van der Waals surface area contributed by atoms with Crippen molar-refractivity contribution in [2.24, 2.45) is 0 Å². The summed E-state index contributed by atoms with van der Waals surface area (Å²) >= 11 is 3.71. The van der Waals surface area contributed by atoms with Crippen molar-refractivity contribution in [3.63, 3.8) is 0 Å². The number of anilines is 1. The largest absolute Gasteiger partial charge is 0.497 e. The van der Waals surface area contributed by atoms with Crippen LogP contribution in [0.15, 0.2) is 65.1 Å². The summed E-state index contributed by atoms with van der Waals surface area (Å²) < 4.78 is 11.7. The molecule has 0 saturated carbocycles. The summed E-state index contributed by atoms with van der Waals surface area (Å²) in [6.45, 7) is 5.92. The quantitative estimate of drug-likeness (QED) is 0.431. The van der Waals surface area contributed by atoms with Gasteiger partial charge in [0.15, 0.2) is 0 Å². The van der Waals surface area contributed by atoms with Crippen LogP contribution in [0.3, 0.4) is 0 Å². The van der Waals surface area contributed by atoms with Crippen LogP contribution in [0.4, 0.5) is 5.69 Å². The van der Waals surface area contributed by atoms with Crippen molar-refractivity contribution >= 4 is 21.6 Å². The molecule has 0 unspecified atom stereocenters. The van der Waals surface area contributed by atoms with Crippen molar-refractivity contribution in [1.82, 2.24) is 0 Å². The number of rotatable bonds is 7. The van der Waals surface area contributed by atoms with Gasteiger partial charge < -0.3 is 14.4 Å². The lowest BCUT2D eigenvalue weighted by molar-refractivity contribution is 0.414. The highest BCUT2D eigenvalue weighted by Gasteiger charge is 2.12. The zero-order chi connectivity index (χ0) is 20.1. The molecule has 0 aliphatic rings. The Labute approximate surface area is 176 Å². The summed E-state index contributed by atoms with van der Waals surface area (Å²) in [5.74, 6) is 1.75. The number of nitrogens with zero attached hydrogens (tertiary/aromatic N) is 1. The van der Waals surface area contributed by atoms with Crippen LogP contribution in [-0.2, 0) is 13.1 Å². The van der Waals surface area contributed by atoms with Crippen molar-refractivity contribution in [3.05, 3.63) is 87.4 Å². The van der Waals surface area contributed by atoms with E-state index < -0.39 is 0 Å². The van der Waals surface area contributed by atoms with Gasteiger partial charge >= 0.3 is 0 Å². The van der Waals surface area contributed by atoms with Gasteiger partial charge in [0.25, 0.3) is 0 Å². The second kappa shape index (κ2) is 9.16. The van der Waals surface area contributed by atoms with Gasteiger partial charge in [0, 0.05) is 23.2 Å². The normalized spacial score (nSPS) is 10.6. The maximum absolute atomic E-state index is 5.29. The van der Waals surface area contributed by atoms with Crippen molar-refractivity contribution in [3.8, 4) is 11.5 Å². The van der Waals surface area contributed by atoms with Crippen molar-refractivity contribution in [1.29, 1.82) is 0 Å². The first-order valence-corrected chi connectivity index (χ1v) is 10.1. The summed E-state index contributed by atoms with van der Waals surface area (Å²) in [7, 11) is 3.38. The monoisotopic (exact) mass is 439 g/mol. The van der Waals surface area contributed by atoms with Gasteiger partial charge in [-0.05, 0) is 72.5 Å². The number of methoxy groups -OCH3 is 2. The Morgan fingerprint density at radius 2 is 1.21 bits per heavy atom. The molecule has 0 amide bonds. The molecule has 3 rings (SSSR count). The van der Waals surface area contributed by atoms with Crippen LogP contribution in [0.5, 0.6) is 11.5 Å². The molecule has 0 heterocycles. The molecular weight excluding hydrogens is 414 g/mol. The molecule has 0 radical (unpaired) electrons. The van der Waals surface area contributed by atoms with Crippen LogP contribution in [-0.4, -0.2) is 14.2 Å². The van der Waals surface area contributed by atoms with Crippen LogP contribution in [0, 0.1) is 13.8 Å². The molecule has 146 valence electrons. The van der Waals surface area contributed by atoms with Crippen LogP contribution in [0.1, 0.15) is 22.3 Å². The van der Waals surface area contributed by atoms with Gasteiger partial charge in [-0.2, -0.15) is 0 Å². The fourth-order valence-electron chi connectivity index (χ4n) is 3.12. The van der Waals surface area contributed by atoms with E-state index in [1.807, 2.05) is 24.3 Å². The van der Waals surface area contributed by atoms with Crippen molar-refractivity contribution in [2.75, 3.05) is 19.1 Å². The molecular formula is C24H26BrNO2. The number of halogens is 1. The van der Waals surface area contributed by atoms with E-state index in [1.54, 1.807) is 14.2 Å². The number of aryl methyl sites for hydroxylation is 1. The average Bonchev–Trinajstić information content (AvgIpc) is 2.72. The lowest BCUT2D eigenvalue weighted by atomic mass is 10.1. The van der Waals surface area contributed by atoms with Crippen molar-refractivity contribution < 1.29 is 9.47 Å². The van der Waals surface area contributed by atoms with Gasteiger partial charge in [0.2, 0.25) is 0 Å². The predicted octanol–water partition coefficient (Wildman–Crippen LogP) is 6.29. The van der Waals surface area contributed by atoms with Gasteiger partial charge in [-0.15, -0.1) is 0 Å². The highest BCUT2D eigenvalue weighted by atomic mass is 79.9. The van der Waals surface area contributed by atoms with Gasteiger partial charge in [0.05, 0.1) is 14.2 Å². The van der Waals surface area contributed by atoms with Gasteiger partial charge in [0.1, 0.15) is 11.5 Å². The van der Waals surface area contributed by atoms with E-state index in [4.69, 9.17) is 9.47 Å². The molecule has 4 heteroatoms. The Balaban J connectivity index is 1.92. The van der Waals surface area contributed by atoms with Crippen LogP contribution in [0.25, 0.3) is 0 Å². The Morgan fingerprint density at radius 3 is 1.61 bits per heavy atom. The fraction of sp³-hybridized carbons (Fsp3) is 0.250. The molecule has 0 saturated heterocycles. The predicted molar refractivity (Wildman–Crippen MR) is 119 cm³/mol. The summed E-state index contributed by atoms with van der Waals surface area (Å²) in [6, 6.07) is 21.0. The average molecular weight is 440 g/mol. The standard InChI is InChI=1S/C24H26BrNO2/c1-17-13-21(14-24(25)18(17)2)26(15-19-5-9-22(27-3)10-6-19)16-20-7-11-23(28-4)12-8-20/h5-14H,15-16H2,1-4H3. The lowest BCUT2D eigenvalue weighted by Crippen LogP contribution is -2.22. The zero-order valence-electron chi connectivity index (χ0n) is 16.8. The minimum atomic E-state index is 0.810. The number of hydrogen-bond donors (Lipinski definition) is 0. The van der Waals surface area contributed by atoms with Crippen LogP contribution >= 0.6 is 15.9 Å². The maximum atomic E-state index is 5.29. The lowest BCUT2D eigenvalue weighted by Gasteiger charge is -2.27. The zero-order valence-corrected chi connectivity index (χ0v) is 18.4. The highest BCUT2D eigenvalue weighted by molar-refractivity contribution is 9.10.